The van der Waals surface area contributed by atoms with E-state index in [0.29, 0.717) is 10.2 Å². The highest BCUT2D eigenvalue weighted by atomic mass is 19.4. The smallest absolute Gasteiger partial charge is 0.377 e. The normalized spacial score (nSPS) is 13.1. The average Bonchev–Trinajstić information content (AvgIpc) is 2.91. The summed E-state index contributed by atoms with van der Waals surface area (Å²) in [4.78, 5) is 11.2. The van der Waals surface area contributed by atoms with E-state index >= 15 is 0 Å². The highest BCUT2D eigenvalue weighted by molar-refractivity contribution is 5.94. The molecule has 0 aliphatic rings. The second-order valence-corrected chi connectivity index (χ2v) is 4.62. The van der Waals surface area contributed by atoms with Crippen LogP contribution < -0.4 is 5.73 Å². The molecule has 0 radical (unpaired) electrons. The fourth-order valence-electron chi connectivity index (χ4n) is 2.14. The van der Waals surface area contributed by atoms with Gasteiger partial charge in [-0.1, -0.05) is 18.2 Å². The van der Waals surface area contributed by atoms with Crippen LogP contribution in [0.4, 0.5) is 13.2 Å². The van der Waals surface area contributed by atoms with Gasteiger partial charge < -0.3 is 10.5 Å². The molecule has 1 amide bonds. The Balaban J connectivity index is 2.72. The molecule has 22 heavy (non-hydrogen) atoms. The molecule has 0 saturated carbocycles. The van der Waals surface area contributed by atoms with Crippen molar-refractivity contribution in [3.05, 3.63) is 47.3 Å². The van der Waals surface area contributed by atoms with Crippen molar-refractivity contribution >= 4 is 5.91 Å². The lowest BCUT2D eigenvalue weighted by atomic mass is 10.1. The number of carbonyl (C=O) groups excluding carboxylic acids is 1. The van der Waals surface area contributed by atoms with Gasteiger partial charge in [0.15, 0.2) is 5.69 Å². The number of amides is 1. The number of ether oxygens (including phenoxy) is 1. The maximum absolute atomic E-state index is 13.3. The molecule has 1 unspecified atom stereocenters. The van der Waals surface area contributed by atoms with Gasteiger partial charge in [0, 0.05) is 12.7 Å². The summed E-state index contributed by atoms with van der Waals surface area (Å²) < 4.78 is 45.7. The van der Waals surface area contributed by atoms with Crippen LogP contribution in [0.1, 0.15) is 34.6 Å². The van der Waals surface area contributed by atoms with Crippen molar-refractivity contribution in [1.82, 2.24) is 9.78 Å². The summed E-state index contributed by atoms with van der Waals surface area (Å²) in [5, 5.41) is 3.69. The van der Waals surface area contributed by atoms with Gasteiger partial charge in [0.2, 0.25) is 0 Å². The van der Waals surface area contributed by atoms with Crippen LogP contribution >= 0.6 is 0 Å². The first-order valence-corrected chi connectivity index (χ1v) is 6.34. The van der Waals surface area contributed by atoms with E-state index in [1.807, 2.05) is 0 Å². The van der Waals surface area contributed by atoms with E-state index in [2.05, 4.69) is 5.10 Å². The molecular weight excluding hydrogens is 299 g/mol. The van der Waals surface area contributed by atoms with Crippen LogP contribution in [0.3, 0.4) is 0 Å². The van der Waals surface area contributed by atoms with Crippen molar-refractivity contribution in [2.75, 3.05) is 7.11 Å². The van der Waals surface area contributed by atoms with Crippen LogP contribution in [0.5, 0.6) is 0 Å². The van der Waals surface area contributed by atoms with Crippen LogP contribution in [-0.2, 0) is 10.9 Å². The van der Waals surface area contributed by atoms with Gasteiger partial charge in [-0.2, -0.15) is 18.3 Å². The zero-order valence-corrected chi connectivity index (χ0v) is 11.9. The second kappa shape index (κ2) is 5.80. The minimum Gasteiger partial charge on any atom is -0.377 e. The molecule has 0 fully saturated rings. The van der Waals surface area contributed by atoms with Crippen molar-refractivity contribution in [2.45, 2.75) is 19.2 Å². The first-order valence-electron chi connectivity index (χ1n) is 6.34. The molecule has 0 aliphatic carbocycles. The van der Waals surface area contributed by atoms with E-state index in [1.54, 1.807) is 25.1 Å². The van der Waals surface area contributed by atoms with Crippen molar-refractivity contribution in [3.8, 4) is 5.69 Å². The van der Waals surface area contributed by atoms with E-state index in [-0.39, 0.29) is 5.69 Å². The van der Waals surface area contributed by atoms with Gasteiger partial charge in [0.25, 0.3) is 5.91 Å². The summed E-state index contributed by atoms with van der Waals surface area (Å²) in [5.41, 5.74) is 3.82. The van der Waals surface area contributed by atoms with E-state index in [0.717, 1.165) is 6.20 Å². The molecule has 5 nitrogen and oxygen atoms in total. The maximum atomic E-state index is 13.3. The zero-order chi connectivity index (χ0) is 16.5. The average molecular weight is 313 g/mol. The maximum Gasteiger partial charge on any atom is 0.434 e. The predicted octanol–water partition coefficient (Wildman–Crippen LogP) is 2.70. The summed E-state index contributed by atoms with van der Waals surface area (Å²) in [6, 6.07) is 6.36. The molecule has 1 aromatic carbocycles. The molecule has 2 N–H and O–H groups in total. The summed E-state index contributed by atoms with van der Waals surface area (Å²) >= 11 is 0. The molecule has 1 aromatic heterocycles. The molecule has 1 atom stereocenters. The molecule has 118 valence electrons. The highest BCUT2D eigenvalue weighted by Crippen LogP contribution is 2.35. The monoisotopic (exact) mass is 313 g/mol. The van der Waals surface area contributed by atoms with E-state index in [1.165, 1.54) is 13.2 Å². The van der Waals surface area contributed by atoms with Gasteiger partial charge in [-0.05, 0) is 13.0 Å². The third-order valence-corrected chi connectivity index (χ3v) is 3.26. The van der Waals surface area contributed by atoms with Gasteiger partial charge in [0.1, 0.15) is 0 Å². The van der Waals surface area contributed by atoms with E-state index in [9.17, 15) is 18.0 Å². The summed E-state index contributed by atoms with van der Waals surface area (Å²) in [6.45, 7) is 1.70. The molecule has 0 aliphatic heterocycles. The summed E-state index contributed by atoms with van der Waals surface area (Å²) in [6.07, 6.45) is -4.40. The minimum absolute atomic E-state index is 0.177. The zero-order valence-electron chi connectivity index (χ0n) is 11.9. The van der Waals surface area contributed by atoms with Gasteiger partial charge >= 0.3 is 6.18 Å². The number of carbonyl (C=O) groups is 1. The third kappa shape index (κ3) is 2.82. The van der Waals surface area contributed by atoms with Crippen LogP contribution in [0.25, 0.3) is 5.69 Å². The number of hydrogen-bond acceptors (Lipinski definition) is 3. The number of benzene rings is 1. The Kier molecular flexibility index (Phi) is 4.23. The topological polar surface area (TPSA) is 70.1 Å². The van der Waals surface area contributed by atoms with Crippen molar-refractivity contribution < 1.29 is 22.7 Å². The molecule has 2 rings (SSSR count). The van der Waals surface area contributed by atoms with E-state index < -0.39 is 29.4 Å². The number of hydrogen-bond donors (Lipinski definition) is 1. The van der Waals surface area contributed by atoms with Gasteiger partial charge in [-0.3, -0.25) is 4.79 Å². The fraction of sp³-hybridized carbons (Fsp3) is 0.286. The molecule has 0 spiro atoms. The predicted molar refractivity (Wildman–Crippen MR) is 72.5 cm³/mol. The molecule has 0 bridgehead atoms. The van der Waals surface area contributed by atoms with Crippen molar-refractivity contribution in [3.63, 3.8) is 0 Å². The number of alkyl halides is 3. The van der Waals surface area contributed by atoms with Gasteiger partial charge in [-0.25, -0.2) is 4.68 Å². The second-order valence-electron chi connectivity index (χ2n) is 4.62. The van der Waals surface area contributed by atoms with Gasteiger partial charge in [0.05, 0.1) is 23.6 Å². The molecule has 0 saturated heterocycles. The Labute approximate surface area is 124 Å². The lowest BCUT2D eigenvalue weighted by molar-refractivity contribution is -0.143. The lowest BCUT2D eigenvalue weighted by Gasteiger charge is -2.18. The number of nitrogens with zero attached hydrogens (tertiary/aromatic N) is 2. The molecule has 1 heterocycles. The third-order valence-electron chi connectivity index (χ3n) is 3.26. The van der Waals surface area contributed by atoms with Crippen molar-refractivity contribution in [2.24, 2.45) is 5.73 Å². The Morgan fingerprint density at radius 1 is 1.36 bits per heavy atom. The molecule has 8 heteroatoms. The Morgan fingerprint density at radius 3 is 2.55 bits per heavy atom. The SMILES string of the molecule is COC(C)c1ccccc1-n1ncc(C(N)=O)c1C(F)(F)F. The first kappa shape index (κ1) is 16.0. The minimum atomic E-state index is -4.77. The fourth-order valence-corrected chi connectivity index (χ4v) is 2.14. The van der Waals surface area contributed by atoms with Crippen LogP contribution in [0.15, 0.2) is 30.5 Å². The highest BCUT2D eigenvalue weighted by Gasteiger charge is 2.40. The number of para-hydroxylation sites is 1. The number of halogens is 3. The van der Waals surface area contributed by atoms with Crippen LogP contribution in [0.2, 0.25) is 0 Å². The number of methoxy groups -OCH3 is 1. The Morgan fingerprint density at radius 2 is 2.00 bits per heavy atom. The number of nitrogens with two attached hydrogens (primary N) is 1. The number of rotatable bonds is 4. The van der Waals surface area contributed by atoms with Gasteiger partial charge in [-0.15, -0.1) is 0 Å². The Bertz CT molecular complexity index is 695. The van der Waals surface area contributed by atoms with Crippen molar-refractivity contribution in [1.29, 1.82) is 0 Å². The summed E-state index contributed by atoms with van der Waals surface area (Å²) in [7, 11) is 1.45. The lowest BCUT2D eigenvalue weighted by Crippen LogP contribution is -2.21. The number of aromatic nitrogens is 2. The quantitative estimate of drug-likeness (QED) is 0.943. The largest absolute Gasteiger partial charge is 0.434 e. The first-order chi connectivity index (χ1) is 10.3. The Hall–Kier alpha value is -2.35. The van der Waals surface area contributed by atoms with E-state index in [4.69, 9.17) is 10.5 Å². The summed E-state index contributed by atoms with van der Waals surface area (Å²) in [5.74, 6) is -1.18. The molecule has 2 aromatic rings. The number of primary amides is 1. The standard InChI is InChI=1S/C14H14F3N3O2/c1-8(22-2)9-5-3-4-6-11(9)20-12(14(15,16)17)10(7-19-20)13(18)21/h3-8H,1-2H3,(H2,18,21). The van der Waals surface area contributed by atoms with Crippen LogP contribution in [0, 0.1) is 0 Å². The molecular formula is C14H14F3N3O2. The van der Waals surface area contributed by atoms with Crippen LogP contribution in [-0.4, -0.2) is 22.8 Å².